The van der Waals surface area contributed by atoms with Crippen LogP contribution in [0.4, 0.5) is 0 Å². The minimum absolute atomic E-state index is 0.0186. The Balaban J connectivity index is 1.40. The lowest BCUT2D eigenvalue weighted by Crippen LogP contribution is -2.57. The number of amides is 3. The van der Waals surface area contributed by atoms with Crippen LogP contribution < -0.4 is 10.6 Å². The van der Waals surface area contributed by atoms with Gasteiger partial charge in [0.15, 0.2) is 0 Å². The molecule has 0 aromatic rings. The molecule has 1 saturated carbocycles. The molecule has 0 aromatic heterocycles. The molecule has 3 amide bonds. The van der Waals surface area contributed by atoms with E-state index in [1.54, 1.807) is 0 Å². The fraction of sp³-hybridized carbons (Fsp3) is 0.850. The van der Waals surface area contributed by atoms with E-state index in [0.717, 1.165) is 32.5 Å². The van der Waals surface area contributed by atoms with E-state index in [9.17, 15) is 14.4 Å². The molecule has 0 bridgehead atoms. The molecule has 2 N–H and O–H groups in total. The highest BCUT2D eigenvalue weighted by Gasteiger charge is 2.33. The molecule has 1 aliphatic carbocycles. The second-order valence-corrected chi connectivity index (χ2v) is 8.20. The van der Waals surface area contributed by atoms with Gasteiger partial charge < -0.3 is 15.5 Å². The Kier molecular flexibility index (Phi) is 7.50. The van der Waals surface area contributed by atoms with Crippen molar-refractivity contribution in [2.24, 2.45) is 5.92 Å². The molecule has 3 rings (SSSR count). The number of piperazine rings is 1. The summed E-state index contributed by atoms with van der Waals surface area (Å²) in [6.07, 6.45) is 8.97. The monoisotopic (exact) mass is 378 g/mol. The number of hydrogen-bond acceptors (Lipinski definition) is 4. The van der Waals surface area contributed by atoms with Crippen molar-refractivity contribution in [2.45, 2.75) is 63.8 Å². The van der Waals surface area contributed by atoms with Crippen LogP contribution in [0.5, 0.6) is 0 Å². The largest absolute Gasteiger partial charge is 0.356 e. The van der Waals surface area contributed by atoms with Crippen molar-refractivity contribution < 1.29 is 14.4 Å². The second kappa shape index (κ2) is 10.1. The van der Waals surface area contributed by atoms with Gasteiger partial charge in [-0.15, -0.1) is 0 Å². The summed E-state index contributed by atoms with van der Waals surface area (Å²) in [5, 5.41) is 5.84. The fourth-order valence-electron chi connectivity index (χ4n) is 4.59. The Hall–Kier alpha value is -1.63. The molecule has 2 saturated heterocycles. The fourth-order valence-corrected chi connectivity index (χ4v) is 4.59. The number of nitrogens with zero attached hydrogens (tertiary/aromatic N) is 2. The van der Waals surface area contributed by atoms with E-state index in [4.69, 9.17) is 0 Å². The van der Waals surface area contributed by atoms with Gasteiger partial charge in [0.05, 0.1) is 12.5 Å². The van der Waals surface area contributed by atoms with Crippen LogP contribution in [0.1, 0.15) is 57.8 Å². The van der Waals surface area contributed by atoms with Crippen molar-refractivity contribution >= 4 is 17.7 Å². The molecule has 0 spiro atoms. The van der Waals surface area contributed by atoms with Crippen LogP contribution in [0.15, 0.2) is 0 Å². The first-order chi connectivity index (χ1) is 13.1. The molecule has 2 heterocycles. The Labute approximate surface area is 162 Å². The minimum atomic E-state index is -0.346. The van der Waals surface area contributed by atoms with Crippen molar-refractivity contribution in [2.75, 3.05) is 39.3 Å². The first-order valence-corrected chi connectivity index (χ1v) is 10.7. The Morgan fingerprint density at radius 1 is 1.11 bits per heavy atom. The number of likely N-dealkylation sites (tertiary alicyclic amines) is 1. The van der Waals surface area contributed by atoms with Gasteiger partial charge in [-0.1, -0.05) is 19.3 Å². The summed E-state index contributed by atoms with van der Waals surface area (Å²) in [6, 6.07) is -0.346. The number of rotatable bonds is 8. The number of nitrogens with one attached hydrogen (secondary N) is 2. The van der Waals surface area contributed by atoms with Crippen LogP contribution in [0.3, 0.4) is 0 Å². The molecule has 7 heteroatoms. The quantitative estimate of drug-likeness (QED) is 0.615. The molecular formula is C20H34N4O3. The van der Waals surface area contributed by atoms with E-state index >= 15 is 0 Å². The predicted octanol–water partition coefficient (Wildman–Crippen LogP) is 0.886. The summed E-state index contributed by atoms with van der Waals surface area (Å²) in [5.41, 5.74) is 0. The van der Waals surface area contributed by atoms with E-state index < -0.39 is 0 Å². The molecule has 0 unspecified atom stereocenters. The van der Waals surface area contributed by atoms with Crippen molar-refractivity contribution in [3.05, 3.63) is 0 Å². The third kappa shape index (κ3) is 5.92. The van der Waals surface area contributed by atoms with Crippen LogP contribution in [0, 0.1) is 5.92 Å². The van der Waals surface area contributed by atoms with Gasteiger partial charge >= 0.3 is 0 Å². The smallest absolute Gasteiger partial charge is 0.237 e. The molecule has 1 atom stereocenters. The minimum Gasteiger partial charge on any atom is -0.356 e. The van der Waals surface area contributed by atoms with Gasteiger partial charge in [-0.3, -0.25) is 19.3 Å². The first kappa shape index (κ1) is 20.1. The second-order valence-electron chi connectivity index (χ2n) is 8.20. The molecule has 0 aromatic carbocycles. The van der Waals surface area contributed by atoms with E-state index in [-0.39, 0.29) is 30.2 Å². The number of hydrogen-bond donors (Lipinski definition) is 2. The summed E-state index contributed by atoms with van der Waals surface area (Å²) in [4.78, 5) is 40.4. The maximum absolute atomic E-state index is 12.4. The summed E-state index contributed by atoms with van der Waals surface area (Å²) < 4.78 is 0. The standard InChI is InChI=1S/C20H34N4O3/c25-18(21-9-5-12-23-11-4-8-19(23)26)14-17-20(27)22-10-13-24(17)15-16-6-2-1-3-7-16/h16-17H,1-15H2,(H,21,25)(H,22,27)/t17-/m0/s1. The molecule has 0 radical (unpaired) electrons. The maximum atomic E-state index is 12.4. The van der Waals surface area contributed by atoms with Gasteiger partial charge in [0.25, 0.3) is 0 Å². The Bertz CT molecular complexity index is 533. The zero-order chi connectivity index (χ0) is 19.1. The van der Waals surface area contributed by atoms with E-state index in [1.165, 1.54) is 32.1 Å². The SMILES string of the molecule is O=C(C[C@H]1C(=O)NCCN1CC1CCCCC1)NCCCN1CCCC1=O. The molecule has 3 aliphatic rings. The van der Waals surface area contributed by atoms with Gasteiger partial charge in [0, 0.05) is 45.7 Å². The van der Waals surface area contributed by atoms with Crippen molar-refractivity contribution in [1.82, 2.24) is 20.4 Å². The predicted molar refractivity (Wildman–Crippen MR) is 103 cm³/mol. The third-order valence-corrected chi connectivity index (χ3v) is 6.14. The summed E-state index contributed by atoms with van der Waals surface area (Å²) in [7, 11) is 0. The average Bonchev–Trinajstić information content (AvgIpc) is 3.07. The van der Waals surface area contributed by atoms with Crippen LogP contribution in [0.25, 0.3) is 0 Å². The zero-order valence-corrected chi connectivity index (χ0v) is 16.4. The van der Waals surface area contributed by atoms with Crippen molar-refractivity contribution in [3.8, 4) is 0 Å². The van der Waals surface area contributed by atoms with E-state index in [0.29, 0.717) is 32.0 Å². The highest BCUT2D eigenvalue weighted by molar-refractivity contribution is 5.88. The molecule has 3 fully saturated rings. The van der Waals surface area contributed by atoms with Crippen LogP contribution >= 0.6 is 0 Å². The lowest BCUT2D eigenvalue weighted by molar-refractivity contribution is -0.134. The topological polar surface area (TPSA) is 81.8 Å². The van der Waals surface area contributed by atoms with Gasteiger partial charge in [0.1, 0.15) is 0 Å². The number of carbonyl (C=O) groups excluding carboxylic acids is 3. The van der Waals surface area contributed by atoms with Crippen molar-refractivity contribution in [3.63, 3.8) is 0 Å². The highest BCUT2D eigenvalue weighted by Crippen LogP contribution is 2.25. The molecule has 7 nitrogen and oxygen atoms in total. The lowest BCUT2D eigenvalue weighted by Gasteiger charge is -2.37. The van der Waals surface area contributed by atoms with Gasteiger partial charge in [-0.25, -0.2) is 0 Å². The molecule has 152 valence electrons. The molecule has 2 aliphatic heterocycles. The van der Waals surface area contributed by atoms with E-state index in [1.807, 2.05) is 4.90 Å². The first-order valence-electron chi connectivity index (χ1n) is 10.7. The summed E-state index contributed by atoms with van der Waals surface area (Å²) in [5.74, 6) is 0.792. The van der Waals surface area contributed by atoms with Crippen LogP contribution in [-0.4, -0.2) is 72.8 Å². The molecule has 27 heavy (non-hydrogen) atoms. The lowest BCUT2D eigenvalue weighted by atomic mass is 9.88. The summed E-state index contributed by atoms with van der Waals surface area (Å²) >= 11 is 0. The van der Waals surface area contributed by atoms with E-state index in [2.05, 4.69) is 15.5 Å². The maximum Gasteiger partial charge on any atom is 0.237 e. The van der Waals surface area contributed by atoms with Crippen LogP contribution in [-0.2, 0) is 14.4 Å². The normalized spacial score (nSPS) is 24.9. The zero-order valence-electron chi connectivity index (χ0n) is 16.4. The highest BCUT2D eigenvalue weighted by atomic mass is 16.2. The average molecular weight is 379 g/mol. The van der Waals surface area contributed by atoms with Gasteiger partial charge in [-0.05, 0) is 31.6 Å². The molecular weight excluding hydrogens is 344 g/mol. The van der Waals surface area contributed by atoms with Crippen LogP contribution in [0.2, 0.25) is 0 Å². The Morgan fingerprint density at radius 3 is 2.67 bits per heavy atom. The number of carbonyl (C=O) groups is 3. The van der Waals surface area contributed by atoms with Gasteiger partial charge in [-0.2, -0.15) is 0 Å². The third-order valence-electron chi connectivity index (χ3n) is 6.14. The van der Waals surface area contributed by atoms with Gasteiger partial charge in [0.2, 0.25) is 17.7 Å². The summed E-state index contributed by atoms with van der Waals surface area (Å²) in [6.45, 7) is 4.54. The van der Waals surface area contributed by atoms with Crippen molar-refractivity contribution in [1.29, 1.82) is 0 Å². The Morgan fingerprint density at radius 2 is 1.93 bits per heavy atom.